The Morgan fingerprint density at radius 1 is 0.641 bits per heavy atom. The van der Waals surface area contributed by atoms with E-state index in [1.807, 2.05) is 113 Å². The van der Waals surface area contributed by atoms with Crippen molar-refractivity contribution in [2.45, 2.75) is 25.7 Å². The van der Waals surface area contributed by atoms with Gasteiger partial charge in [0.25, 0.3) is 0 Å². The van der Waals surface area contributed by atoms with Gasteiger partial charge in [0.2, 0.25) is 0 Å². The van der Waals surface area contributed by atoms with Crippen LogP contribution in [0.15, 0.2) is 128 Å². The van der Waals surface area contributed by atoms with Crippen LogP contribution in [0.5, 0.6) is 0 Å². The molecule has 0 bridgehead atoms. The third-order valence-electron chi connectivity index (χ3n) is 6.56. The second-order valence-electron chi connectivity index (χ2n) is 9.30. The Bertz CT molecular complexity index is 1390. The molecular weight excluding hydrogens is 488 g/mol. The predicted molar refractivity (Wildman–Crippen MR) is 151 cm³/mol. The van der Waals surface area contributed by atoms with Gasteiger partial charge in [-0.3, -0.25) is 4.79 Å². The van der Waals surface area contributed by atoms with E-state index in [9.17, 15) is 9.59 Å². The molecule has 6 heteroatoms. The van der Waals surface area contributed by atoms with Crippen molar-refractivity contribution in [2.75, 3.05) is 11.6 Å². The molecule has 0 spiro atoms. The summed E-state index contributed by atoms with van der Waals surface area (Å²) in [6.07, 6.45) is 3.61. The lowest BCUT2D eigenvalue weighted by Crippen LogP contribution is -2.42. The number of rotatable bonds is 10. The smallest absolute Gasteiger partial charge is 0.329 e. The molecule has 1 heterocycles. The molecule has 0 radical (unpaired) electrons. The Morgan fingerprint density at radius 2 is 1.18 bits per heavy atom. The first-order valence-electron chi connectivity index (χ1n) is 12.9. The second-order valence-corrected chi connectivity index (χ2v) is 9.30. The maximum atomic E-state index is 13.2. The molecule has 0 aromatic heterocycles. The lowest BCUT2D eigenvalue weighted by atomic mass is 10.1. The van der Waals surface area contributed by atoms with E-state index in [1.165, 1.54) is 0 Å². The standard InChI is InChI=1S/C33H30N2O4/c36-32(38-23-26-10-4-1-5-11-26)22-31(33(37)39-24-27-12-6-2-7-13-27)35-21-20-34(25-35)30-18-16-29(17-19-30)28-14-8-3-9-15-28/h1-21,31H,22-25H2/t31-/m0/s1. The fourth-order valence-corrected chi connectivity index (χ4v) is 4.40. The zero-order valence-electron chi connectivity index (χ0n) is 21.6. The molecule has 1 aliphatic heterocycles. The highest BCUT2D eigenvalue weighted by molar-refractivity contribution is 5.83. The summed E-state index contributed by atoms with van der Waals surface area (Å²) < 4.78 is 11.1. The molecule has 0 fully saturated rings. The molecule has 1 atom stereocenters. The summed E-state index contributed by atoms with van der Waals surface area (Å²) in [6, 6.07) is 36.6. The monoisotopic (exact) mass is 518 g/mol. The lowest BCUT2D eigenvalue weighted by Gasteiger charge is -2.28. The quantitative estimate of drug-likeness (QED) is 0.235. The molecule has 1 aliphatic rings. The normalized spacial score (nSPS) is 13.2. The fraction of sp³-hybridized carbons (Fsp3) is 0.152. The van der Waals surface area contributed by atoms with Crippen LogP contribution in [-0.2, 0) is 32.3 Å². The Kier molecular flexibility index (Phi) is 8.34. The maximum absolute atomic E-state index is 13.2. The van der Waals surface area contributed by atoms with E-state index >= 15 is 0 Å². The van der Waals surface area contributed by atoms with Gasteiger partial charge in [-0.1, -0.05) is 103 Å². The van der Waals surface area contributed by atoms with Gasteiger partial charge in [-0.05, 0) is 34.4 Å². The molecule has 0 saturated heterocycles. The van der Waals surface area contributed by atoms with Crippen LogP contribution in [-0.4, -0.2) is 29.5 Å². The van der Waals surface area contributed by atoms with Gasteiger partial charge >= 0.3 is 11.9 Å². The van der Waals surface area contributed by atoms with Crippen LogP contribution in [0.2, 0.25) is 0 Å². The molecule has 5 rings (SSSR count). The summed E-state index contributed by atoms with van der Waals surface area (Å²) in [5, 5.41) is 0. The van der Waals surface area contributed by atoms with Gasteiger partial charge in [-0.2, -0.15) is 0 Å². The van der Waals surface area contributed by atoms with Gasteiger partial charge in [0.15, 0.2) is 0 Å². The van der Waals surface area contributed by atoms with Crippen LogP contribution in [0, 0.1) is 0 Å². The van der Waals surface area contributed by atoms with Crippen molar-refractivity contribution in [1.82, 2.24) is 4.90 Å². The minimum absolute atomic E-state index is 0.119. The van der Waals surface area contributed by atoms with Crippen molar-refractivity contribution >= 4 is 17.6 Å². The van der Waals surface area contributed by atoms with Crippen molar-refractivity contribution < 1.29 is 19.1 Å². The minimum atomic E-state index is -0.818. The summed E-state index contributed by atoms with van der Waals surface area (Å²) in [4.78, 5) is 29.9. The molecule has 0 N–H and O–H groups in total. The number of anilines is 1. The average molecular weight is 519 g/mol. The van der Waals surface area contributed by atoms with Gasteiger partial charge in [-0.15, -0.1) is 0 Å². The molecule has 196 valence electrons. The van der Waals surface area contributed by atoms with Gasteiger partial charge in [0.1, 0.15) is 19.3 Å². The molecule has 0 saturated carbocycles. The molecule has 39 heavy (non-hydrogen) atoms. The van der Waals surface area contributed by atoms with Crippen LogP contribution >= 0.6 is 0 Å². The molecule has 4 aromatic carbocycles. The molecule has 0 aliphatic carbocycles. The molecular formula is C33H30N2O4. The zero-order chi connectivity index (χ0) is 26.9. The summed E-state index contributed by atoms with van der Waals surface area (Å²) in [6.45, 7) is 0.695. The topological polar surface area (TPSA) is 59.1 Å². The zero-order valence-corrected chi connectivity index (χ0v) is 21.6. The maximum Gasteiger partial charge on any atom is 0.329 e. The van der Waals surface area contributed by atoms with E-state index in [0.29, 0.717) is 6.67 Å². The van der Waals surface area contributed by atoms with Crippen molar-refractivity contribution in [3.05, 3.63) is 139 Å². The highest BCUT2D eigenvalue weighted by atomic mass is 16.5. The third kappa shape index (κ3) is 6.93. The van der Waals surface area contributed by atoms with E-state index < -0.39 is 18.0 Å². The average Bonchev–Trinajstić information content (AvgIpc) is 3.49. The molecule has 0 unspecified atom stereocenters. The Hall–Kier alpha value is -4.84. The first-order valence-corrected chi connectivity index (χ1v) is 12.9. The van der Waals surface area contributed by atoms with E-state index in [2.05, 4.69) is 24.3 Å². The van der Waals surface area contributed by atoms with Crippen LogP contribution in [0.3, 0.4) is 0 Å². The van der Waals surface area contributed by atoms with Crippen LogP contribution in [0.4, 0.5) is 5.69 Å². The fourth-order valence-electron chi connectivity index (χ4n) is 4.40. The summed E-state index contributed by atoms with van der Waals surface area (Å²) in [5.41, 5.74) is 5.03. The van der Waals surface area contributed by atoms with E-state index in [4.69, 9.17) is 9.47 Å². The van der Waals surface area contributed by atoms with Crippen LogP contribution < -0.4 is 4.90 Å². The highest BCUT2D eigenvalue weighted by Gasteiger charge is 2.32. The first-order chi connectivity index (χ1) is 19.2. The van der Waals surface area contributed by atoms with Crippen molar-refractivity contribution in [2.24, 2.45) is 0 Å². The first kappa shape index (κ1) is 25.8. The summed E-state index contributed by atoms with van der Waals surface area (Å²) in [7, 11) is 0. The van der Waals surface area contributed by atoms with Gasteiger partial charge < -0.3 is 19.3 Å². The molecule has 0 amide bonds. The second kappa shape index (κ2) is 12.6. The predicted octanol–water partition coefficient (Wildman–Crippen LogP) is 6.15. The van der Waals surface area contributed by atoms with Crippen molar-refractivity contribution in [3.63, 3.8) is 0 Å². The number of hydrogen-bond acceptors (Lipinski definition) is 6. The molecule has 4 aromatic rings. The van der Waals surface area contributed by atoms with E-state index in [0.717, 1.165) is 27.9 Å². The van der Waals surface area contributed by atoms with Gasteiger partial charge in [0, 0.05) is 18.1 Å². The number of nitrogens with zero attached hydrogens (tertiary/aromatic N) is 2. The van der Waals surface area contributed by atoms with E-state index in [-0.39, 0.29) is 19.6 Å². The lowest BCUT2D eigenvalue weighted by molar-refractivity contribution is -0.157. The Labute approximate surface area is 228 Å². The molecule has 6 nitrogen and oxygen atoms in total. The summed E-state index contributed by atoms with van der Waals surface area (Å²) >= 11 is 0. The van der Waals surface area contributed by atoms with Crippen molar-refractivity contribution in [1.29, 1.82) is 0 Å². The van der Waals surface area contributed by atoms with Crippen LogP contribution in [0.25, 0.3) is 11.1 Å². The summed E-state index contributed by atoms with van der Waals surface area (Å²) in [5.74, 6) is -0.930. The number of ether oxygens (including phenoxy) is 2. The Balaban J connectivity index is 1.25. The number of hydrogen-bond donors (Lipinski definition) is 0. The number of esters is 2. The SMILES string of the molecule is O=C(C[C@@H](C(=O)OCc1ccccc1)N1C=CN(c2ccc(-c3ccccc3)cc2)C1)OCc1ccccc1. The van der Waals surface area contributed by atoms with Gasteiger partial charge in [-0.25, -0.2) is 4.79 Å². The van der Waals surface area contributed by atoms with E-state index in [1.54, 1.807) is 0 Å². The van der Waals surface area contributed by atoms with Gasteiger partial charge in [0.05, 0.1) is 13.1 Å². The Morgan fingerprint density at radius 3 is 1.79 bits per heavy atom. The van der Waals surface area contributed by atoms with Crippen molar-refractivity contribution in [3.8, 4) is 11.1 Å². The largest absolute Gasteiger partial charge is 0.461 e. The van der Waals surface area contributed by atoms with Crippen LogP contribution in [0.1, 0.15) is 17.5 Å². The minimum Gasteiger partial charge on any atom is -0.461 e. The number of benzene rings is 4. The highest BCUT2D eigenvalue weighted by Crippen LogP contribution is 2.26. The number of carbonyl (C=O) groups excluding carboxylic acids is 2. The third-order valence-corrected chi connectivity index (χ3v) is 6.56. The number of carbonyl (C=O) groups is 2.